The SMILES string of the molecule is Cc1cccc(NC(=O)Cc2nnc3cc(-c4nc(C(C)C)no4)ccn23)c1C. The number of pyridine rings is 1. The van der Waals surface area contributed by atoms with Crippen molar-refractivity contribution in [3.8, 4) is 11.5 Å². The van der Waals surface area contributed by atoms with Gasteiger partial charge in [-0.05, 0) is 43.2 Å². The molecule has 8 nitrogen and oxygen atoms in total. The maximum absolute atomic E-state index is 12.5. The van der Waals surface area contributed by atoms with Crippen LogP contribution in [0.1, 0.15) is 42.5 Å². The summed E-state index contributed by atoms with van der Waals surface area (Å²) >= 11 is 0. The molecule has 1 amide bonds. The number of carbonyl (C=O) groups excluding carboxylic acids is 1. The Labute approximate surface area is 168 Å². The summed E-state index contributed by atoms with van der Waals surface area (Å²) in [5.74, 6) is 1.70. The van der Waals surface area contributed by atoms with Gasteiger partial charge >= 0.3 is 0 Å². The molecule has 3 heterocycles. The van der Waals surface area contributed by atoms with E-state index >= 15 is 0 Å². The first-order chi connectivity index (χ1) is 13.9. The number of anilines is 1. The van der Waals surface area contributed by atoms with Crippen LogP contribution in [-0.4, -0.2) is 30.6 Å². The van der Waals surface area contributed by atoms with Gasteiger partial charge in [-0.3, -0.25) is 9.20 Å². The maximum Gasteiger partial charge on any atom is 0.258 e. The summed E-state index contributed by atoms with van der Waals surface area (Å²) in [7, 11) is 0. The predicted octanol–water partition coefficient (Wildman–Crippen LogP) is 3.70. The van der Waals surface area contributed by atoms with Gasteiger partial charge in [0, 0.05) is 23.4 Å². The highest BCUT2D eigenvalue weighted by molar-refractivity contribution is 5.92. The Balaban J connectivity index is 1.54. The summed E-state index contributed by atoms with van der Waals surface area (Å²) in [4.78, 5) is 16.9. The minimum Gasteiger partial charge on any atom is -0.334 e. The van der Waals surface area contributed by atoms with Crippen molar-refractivity contribution < 1.29 is 9.32 Å². The van der Waals surface area contributed by atoms with Crippen LogP contribution in [0.15, 0.2) is 41.1 Å². The third kappa shape index (κ3) is 3.73. The molecule has 0 aliphatic carbocycles. The number of aryl methyl sites for hydroxylation is 1. The zero-order valence-corrected chi connectivity index (χ0v) is 16.8. The molecule has 0 aliphatic heterocycles. The molecular weight excluding hydrogens is 368 g/mol. The van der Waals surface area contributed by atoms with Crippen molar-refractivity contribution >= 4 is 17.2 Å². The fourth-order valence-corrected chi connectivity index (χ4v) is 3.01. The monoisotopic (exact) mass is 390 g/mol. The van der Waals surface area contributed by atoms with E-state index in [-0.39, 0.29) is 18.2 Å². The first kappa shape index (κ1) is 18.8. The van der Waals surface area contributed by atoms with Crippen LogP contribution in [0.3, 0.4) is 0 Å². The van der Waals surface area contributed by atoms with Crippen LogP contribution in [0, 0.1) is 13.8 Å². The molecule has 8 heteroatoms. The molecule has 0 unspecified atom stereocenters. The second kappa shape index (κ2) is 7.46. The van der Waals surface area contributed by atoms with E-state index in [9.17, 15) is 4.79 Å². The maximum atomic E-state index is 12.5. The number of aromatic nitrogens is 5. The molecule has 29 heavy (non-hydrogen) atoms. The van der Waals surface area contributed by atoms with Crippen molar-refractivity contribution in [3.05, 3.63) is 59.3 Å². The van der Waals surface area contributed by atoms with Crippen LogP contribution in [0.5, 0.6) is 0 Å². The van der Waals surface area contributed by atoms with Crippen LogP contribution in [0.2, 0.25) is 0 Å². The molecular formula is C21H22N6O2. The summed E-state index contributed by atoms with van der Waals surface area (Å²) in [6.45, 7) is 8.02. The van der Waals surface area contributed by atoms with Gasteiger partial charge in [-0.15, -0.1) is 10.2 Å². The van der Waals surface area contributed by atoms with Gasteiger partial charge in [0.1, 0.15) is 5.82 Å². The van der Waals surface area contributed by atoms with E-state index in [0.717, 1.165) is 22.4 Å². The number of hydrogen-bond donors (Lipinski definition) is 1. The molecule has 0 saturated heterocycles. The summed E-state index contributed by atoms with van der Waals surface area (Å²) < 4.78 is 7.12. The highest BCUT2D eigenvalue weighted by Crippen LogP contribution is 2.22. The highest BCUT2D eigenvalue weighted by atomic mass is 16.5. The Morgan fingerprint density at radius 1 is 1.21 bits per heavy atom. The van der Waals surface area contributed by atoms with Gasteiger partial charge in [0.25, 0.3) is 5.89 Å². The Bertz CT molecular complexity index is 1190. The molecule has 148 valence electrons. The van der Waals surface area contributed by atoms with E-state index in [1.165, 1.54) is 0 Å². The lowest BCUT2D eigenvalue weighted by Crippen LogP contribution is -2.17. The second-order valence-electron chi connectivity index (χ2n) is 7.34. The Morgan fingerprint density at radius 3 is 2.79 bits per heavy atom. The predicted molar refractivity (Wildman–Crippen MR) is 109 cm³/mol. The van der Waals surface area contributed by atoms with E-state index in [1.54, 1.807) is 4.40 Å². The molecule has 4 rings (SSSR count). The van der Waals surface area contributed by atoms with Crippen LogP contribution in [0.4, 0.5) is 5.69 Å². The number of rotatable bonds is 5. The van der Waals surface area contributed by atoms with Gasteiger partial charge in [0.15, 0.2) is 11.5 Å². The number of fused-ring (bicyclic) bond motifs is 1. The average Bonchev–Trinajstić information content (AvgIpc) is 3.33. The minimum atomic E-state index is -0.143. The lowest BCUT2D eigenvalue weighted by atomic mass is 10.1. The van der Waals surface area contributed by atoms with E-state index in [4.69, 9.17) is 4.52 Å². The van der Waals surface area contributed by atoms with Crippen LogP contribution in [-0.2, 0) is 11.2 Å². The smallest absolute Gasteiger partial charge is 0.258 e. The van der Waals surface area contributed by atoms with E-state index in [1.807, 2.05) is 64.2 Å². The molecule has 0 radical (unpaired) electrons. The van der Waals surface area contributed by atoms with E-state index < -0.39 is 0 Å². The second-order valence-corrected chi connectivity index (χ2v) is 7.34. The number of amides is 1. The molecule has 0 atom stereocenters. The number of carbonyl (C=O) groups is 1. The normalized spacial score (nSPS) is 11.3. The van der Waals surface area contributed by atoms with Gasteiger partial charge in [-0.1, -0.05) is 31.1 Å². The van der Waals surface area contributed by atoms with Crippen molar-refractivity contribution in [2.24, 2.45) is 0 Å². The molecule has 4 aromatic rings. The van der Waals surface area contributed by atoms with Crippen molar-refractivity contribution in [2.75, 3.05) is 5.32 Å². The Hall–Kier alpha value is -3.55. The van der Waals surface area contributed by atoms with Crippen molar-refractivity contribution in [1.82, 2.24) is 24.7 Å². The number of nitrogens with zero attached hydrogens (tertiary/aromatic N) is 5. The van der Waals surface area contributed by atoms with Crippen LogP contribution in [0.25, 0.3) is 17.1 Å². The molecule has 1 aromatic carbocycles. The zero-order valence-electron chi connectivity index (χ0n) is 16.8. The molecule has 0 saturated carbocycles. The molecule has 0 aliphatic rings. The number of benzene rings is 1. The summed E-state index contributed by atoms with van der Waals surface area (Å²) in [5, 5.41) is 15.3. The highest BCUT2D eigenvalue weighted by Gasteiger charge is 2.15. The van der Waals surface area contributed by atoms with Gasteiger partial charge in [-0.2, -0.15) is 4.98 Å². The minimum absolute atomic E-state index is 0.117. The fraction of sp³-hybridized carbons (Fsp3) is 0.286. The largest absolute Gasteiger partial charge is 0.334 e. The summed E-state index contributed by atoms with van der Waals surface area (Å²) in [6.07, 6.45) is 1.93. The summed E-state index contributed by atoms with van der Waals surface area (Å²) in [6, 6.07) is 9.50. The van der Waals surface area contributed by atoms with E-state index in [2.05, 4.69) is 25.7 Å². The molecule has 1 N–H and O–H groups in total. The molecule has 0 bridgehead atoms. The third-order valence-electron chi connectivity index (χ3n) is 4.88. The van der Waals surface area contributed by atoms with E-state index in [0.29, 0.717) is 23.2 Å². The average molecular weight is 390 g/mol. The standard InChI is InChI=1S/C21H22N6O2/c1-12(2)20-23-21(29-26-20)15-8-9-27-17(10-15)24-25-18(27)11-19(28)22-16-7-5-6-13(3)14(16)4/h5-10,12H,11H2,1-4H3,(H,22,28). The van der Waals surface area contributed by atoms with Crippen molar-refractivity contribution in [2.45, 2.75) is 40.0 Å². The zero-order chi connectivity index (χ0) is 20.5. The first-order valence-electron chi connectivity index (χ1n) is 9.46. The molecule has 3 aromatic heterocycles. The Morgan fingerprint density at radius 2 is 2.03 bits per heavy atom. The quantitative estimate of drug-likeness (QED) is 0.558. The number of hydrogen-bond acceptors (Lipinski definition) is 6. The lowest BCUT2D eigenvalue weighted by molar-refractivity contribution is -0.115. The molecule has 0 spiro atoms. The lowest BCUT2D eigenvalue weighted by Gasteiger charge is -2.09. The van der Waals surface area contributed by atoms with Crippen molar-refractivity contribution in [1.29, 1.82) is 0 Å². The Kier molecular flexibility index (Phi) is 4.84. The first-order valence-corrected chi connectivity index (χ1v) is 9.46. The summed E-state index contributed by atoms with van der Waals surface area (Å²) in [5.41, 5.74) is 4.36. The van der Waals surface area contributed by atoms with Gasteiger partial charge in [0.2, 0.25) is 5.91 Å². The van der Waals surface area contributed by atoms with Crippen LogP contribution >= 0.6 is 0 Å². The van der Waals surface area contributed by atoms with Crippen molar-refractivity contribution in [3.63, 3.8) is 0 Å². The van der Waals surface area contributed by atoms with Gasteiger partial charge in [-0.25, -0.2) is 0 Å². The van der Waals surface area contributed by atoms with Crippen LogP contribution < -0.4 is 5.32 Å². The van der Waals surface area contributed by atoms with Gasteiger partial charge in [0.05, 0.1) is 6.42 Å². The topological polar surface area (TPSA) is 98.2 Å². The number of nitrogens with one attached hydrogen (secondary N) is 1. The third-order valence-corrected chi connectivity index (χ3v) is 4.88. The fourth-order valence-electron chi connectivity index (χ4n) is 3.01. The van der Waals surface area contributed by atoms with Gasteiger partial charge < -0.3 is 9.84 Å². The molecule has 0 fully saturated rings.